The summed E-state index contributed by atoms with van der Waals surface area (Å²) in [7, 11) is 1.61. The summed E-state index contributed by atoms with van der Waals surface area (Å²) < 4.78 is 10.4. The van der Waals surface area contributed by atoms with E-state index in [0.29, 0.717) is 12.3 Å². The van der Waals surface area contributed by atoms with E-state index in [-0.39, 0.29) is 23.8 Å². The Bertz CT molecular complexity index is 823. The summed E-state index contributed by atoms with van der Waals surface area (Å²) in [5.74, 6) is 0.171. The van der Waals surface area contributed by atoms with Crippen molar-refractivity contribution in [1.82, 2.24) is 4.90 Å². The van der Waals surface area contributed by atoms with Crippen molar-refractivity contribution in [2.75, 3.05) is 20.1 Å². The molecule has 3 rings (SSSR count). The quantitative estimate of drug-likeness (QED) is 0.462. The molecule has 2 aromatic carbocycles. The summed E-state index contributed by atoms with van der Waals surface area (Å²) in [4.78, 5) is 26.0. The Balaban J connectivity index is 1.85. The predicted molar refractivity (Wildman–Crippen MR) is 93.2 cm³/mol. The maximum atomic E-state index is 12.7. The van der Waals surface area contributed by atoms with E-state index in [2.05, 4.69) is 0 Å². The van der Waals surface area contributed by atoms with Gasteiger partial charge in [0, 0.05) is 24.6 Å². The molecule has 0 aliphatic carbocycles. The zero-order valence-electron chi connectivity index (χ0n) is 13.7. The molecule has 1 aliphatic rings. The number of benzene rings is 2. The maximum absolute atomic E-state index is 12.7. The van der Waals surface area contributed by atoms with E-state index in [1.165, 1.54) is 17.0 Å². The molecule has 1 aliphatic heterocycles. The summed E-state index contributed by atoms with van der Waals surface area (Å²) >= 11 is 1.63. The highest BCUT2D eigenvalue weighted by atomic mass is 32.2. The molecule has 1 heterocycles. The molecule has 8 heteroatoms. The molecular formula is C17H16N2O5S. The van der Waals surface area contributed by atoms with Gasteiger partial charge in [0.15, 0.2) is 11.5 Å². The van der Waals surface area contributed by atoms with Crippen LogP contribution >= 0.6 is 11.8 Å². The van der Waals surface area contributed by atoms with Crippen LogP contribution in [-0.2, 0) is 6.54 Å². The predicted octanol–water partition coefficient (Wildman–Crippen LogP) is 3.32. The number of thioether (sulfide) groups is 1. The number of ether oxygens (including phenoxy) is 2. The van der Waals surface area contributed by atoms with Crippen molar-refractivity contribution in [1.29, 1.82) is 0 Å². The summed E-state index contributed by atoms with van der Waals surface area (Å²) in [5.41, 5.74) is 0.633. The summed E-state index contributed by atoms with van der Waals surface area (Å²) in [5, 5.41) is 11.3. The van der Waals surface area contributed by atoms with Crippen molar-refractivity contribution in [2.24, 2.45) is 0 Å². The first kappa shape index (κ1) is 17.1. The normalized spacial score (nSPS) is 12.1. The molecule has 0 bridgehead atoms. The first-order chi connectivity index (χ1) is 12.0. The Morgan fingerprint density at radius 2 is 1.88 bits per heavy atom. The fourth-order valence-electron chi connectivity index (χ4n) is 2.54. The Morgan fingerprint density at radius 1 is 1.24 bits per heavy atom. The van der Waals surface area contributed by atoms with Crippen molar-refractivity contribution >= 4 is 23.4 Å². The molecule has 0 radical (unpaired) electrons. The molecule has 7 nitrogen and oxygen atoms in total. The van der Waals surface area contributed by atoms with Crippen LogP contribution in [0, 0.1) is 10.1 Å². The standard InChI is InChI=1S/C17H16N2O5S/c1-18(9-11-3-5-12(25-2)6-4-11)17(20)13-7-15-16(24-10-23-15)8-14(13)19(21)22/h3-8H,9-10H2,1-2H3. The molecule has 1 amide bonds. The monoisotopic (exact) mass is 360 g/mol. The lowest BCUT2D eigenvalue weighted by Gasteiger charge is -2.17. The zero-order valence-corrected chi connectivity index (χ0v) is 14.5. The third-order valence-electron chi connectivity index (χ3n) is 3.84. The molecule has 2 aromatic rings. The number of amides is 1. The summed E-state index contributed by atoms with van der Waals surface area (Å²) in [6.07, 6.45) is 1.99. The van der Waals surface area contributed by atoms with Gasteiger partial charge in [-0.05, 0) is 24.0 Å². The van der Waals surface area contributed by atoms with Crippen LogP contribution in [-0.4, -0.2) is 35.8 Å². The van der Waals surface area contributed by atoms with Crippen LogP contribution in [0.4, 0.5) is 5.69 Å². The van der Waals surface area contributed by atoms with Gasteiger partial charge in [-0.1, -0.05) is 12.1 Å². The van der Waals surface area contributed by atoms with Gasteiger partial charge in [-0.25, -0.2) is 0 Å². The Morgan fingerprint density at radius 3 is 2.48 bits per heavy atom. The lowest BCUT2D eigenvalue weighted by Crippen LogP contribution is -2.26. The number of nitrogens with zero attached hydrogens (tertiary/aromatic N) is 2. The highest BCUT2D eigenvalue weighted by molar-refractivity contribution is 7.98. The SMILES string of the molecule is CSc1ccc(CN(C)C(=O)c2cc3c(cc2[N+](=O)[O-])OCO3)cc1. The van der Waals surface area contributed by atoms with E-state index < -0.39 is 10.8 Å². The van der Waals surface area contributed by atoms with Crippen LogP contribution in [0.25, 0.3) is 0 Å². The first-order valence-electron chi connectivity index (χ1n) is 7.46. The van der Waals surface area contributed by atoms with Gasteiger partial charge in [0.05, 0.1) is 11.0 Å². The molecule has 0 N–H and O–H groups in total. The van der Waals surface area contributed by atoms with E-state index in [1.807, 2.05) is 30.5 Å². The Hall–Kier alpha value is -2.74. The van der Waals surface area contributed by atoms with Gasteiger partial charge in [0.1, 0.15) is 5.56 Å². The average Bonchev–Trinajstić information content (AvgIpc) is 3.08. The van der Waals surface area contributed by atoms with Crippen molar-refractivity contribution < 1.29 is 19.2 Å². The van der Waals surface area contributed by atoms with Crippen LogP contribution in [0.1, 0.15) is 15.9 Å². The second kappa shape index (κ2) is 7.02. The number of carbonyl (C=O) groups excluding carboxylic acids is 1. The molecule has 25 heavy (non-hydrogen) atoms. The minimum atomic E-state index is -0.587. The van der Waals surface area contributed by atoms with E-state index in [0.717, 1.165) is 10.5 Å². The second-order valence-corrected chi connectivity index (χ2v) is 6.37. The number of nitro groups is 1. The topological polar surface area (TPSA) is 81.9 Å². The van der Waals surface area contributed by atoms with E-state index in [1.54, 1.807) is 18.8 Å². The minimum absolute atomic E-state index is 0.0121. The van der Waals surface area contributed by atoms with Gasteiger partial charge < -0.3 is 14.4 Å². The number of carbonyl (C=O) groups is 1. The van der Waals surface area contributed by atoms with E-state index in [9.17, 15) is 14.9 Å². The highest BCUT2D eigenvalue weighted by Crippen LogP contribution is 2.38. The zero-order chi connectivity index (χ0) is 18.0. The highest BCUT2D eigenvalue weighted by Gasteiger charge is 2.28. The van der Waals surface area contributed by atoms with Crippen LogP contribution in [0.5, 0.6) is 11.5 Å². The van der Waals surface area contributed by atoms with Crippen LogP contribution in [0.3, 0.4) is 0 Å². The Kier molecular flexibility index (Phi) is 4.80. The smallest absolute Gasteiger partial charge is 0.286 e. The lowest BCUT2D eigenvalue weighted by atomic mass is 10.1. The van der Waals surface area contributed by atoms with Crippen molar-refractivity contribution in [3.05, 3.63) is 57.6 Å². The van der Waals surface area contributed by atoms with Gasteiger partial charge >= 0.3 is 0 Å². The molecule has 0 fully saturated rings. The lowest BCUT2D eigenvalue weighted by molar-refractivity contribution is -0.385. The van der Waals surface area contributed by atoms with Crippen LogP contribution in [0.15, 0.2) is 41.3 Å². The molecule has 130 valence electrons. The third-order valence-corrected chi connectivity index (χ3v) is 4.59. The van der Waals surface area contributed by atoms with Gasteiger partial charge in [0.2, 0.25) is 6.79 Å². The molecule has 0 spiro atoms. The van der Waals surface area contributed by atoms with E-state index >= 15 is 0 Å². The maximum Gasteiger partial charge on any atom is 0.286 e. The van der Waals surface area contributed by atoms with E-state index in [4.69, 9.17) is 9.47 Å². The fraction of sp³-hybridized carbons (Fsp3) is 0.235. The van der Waals surface area contributed by atoms with Crippen molar-refractivity contribution in [3.8, 4) is 11.5 Å². The molecule has 0 saturated heterocycles. The second-order valence-electron chi connectivity index (χ2n) is 5.49. The third kappa shape index (κ3) is 3.53. The van der Waals surface area contributed by atoms with Gasteiger partial charge in [-0.3, -0.25) is 14.9 Å². The van der Waals surface area contributed by atoms with Gasteiger partial charge in [-0.15, -0.1) is 11.8 Å². The first-order valence-corrected chi connectivity index (χ1v) is 8.68. The van der Waals surface area contributed by atoms with Crippen LogP contribution in [0.2, 0.25) is 0 Å². The molecule has 0 aromatic heterocycles. The molecule has 0 unspecified atom stereocenters. The number of rotatable bonds is 5. The largest absolute Gasteiger partial charge is 0.454 e. The molecular weight excluding hydrogens is 344 g/mol. The van der Waals surface area contributed by atoms with Crippen molar-refractivity contribution in [2.45, 2.75) is 11.4 Å². The number of hydrogen-bond donors (Lipinski definition) is 0. The number of nitro benzene ring substituents is 1. The number of fused-ring (bicyclic) bond motifs is 1. The van der Waals surface area contributed by atoms with Crippen molar-refractivity contribution in [3.63, 3.8) is 0 Å². The molecule has 0 saturated carbocycles. The summed E-state index contributed by atoms with van der Waals surface area (Å²) in [6, 6.07) is 10.4. The fourth-order valence-corrected chi connectivity index (χ4v) is 2.94. The number of hydrogen-bond acceptors (Lipinski definition) is 6. The average molecular weight is 360 g/mol. The van der Waals surface area contributed by atoms with Gasteiger partial charge in [0.25, 0.3) is 11.6 Å². The minimum Gasteiger partial charge on any atom is -0.454 e. The summed E-state index contributed by atoms with van der Waals surface area (Å²) in [6.45, 7) is 0.334. The Labute approximate surface area is 148 Å². The van der Waals surface area contributed by atoms with Crippen LogP contribution < -0.4 is 9.47 Å². The van der Waals surface area contributed by atoms with Gasteiger partial charge in [-0.2, -0.15) is 0 Å². The molecule has 0 atom stereocenters.